The Labute approximate surface area is 151 Å². The first-order valence-corrected chi connectivity index (χ1v) is 9.61. The molecule has 0 spiro atoms. The second-order valence-electron chi connectivity index (χ2n) is 5.21. The summed E-state index contributed by atoms with van der Waals surface area (Å²) in [5, 5.41) is 3.08. The van der Waals surface area contributed by atoms with E-state index in [1.807, 2.05) is 0 Å². The lowest BCUT2D eigenvalue weighted by molar-refractivity contribution is 0.102. The first-order chi connectivity index (χ1) is 11.8. The minimum absolute atomic E-state index is 0.149. The van der Waals surface area contributed by atoms with Crippen molar-refractivity contribution in [1.82, 2.24) is 0 Å². The van der Waals surface area contributed by atoms with Crippen LogP contribution in [0, 0.1) is 0 Å². The quantitative estimate of drug-likeness (QED) is 0.743. The van der Waals surface area contributed by atoms with Gasteiger partial charge in [-0.15, -0.1) is 0 Å². The third kappa shape index (κ3) is 5.19. The highest BCUT2D eigenvalue weighted by molar-refractivity contribution is 7.90. The van der Waals surface area contributed by atoms with Gasteiger partial charge in [-0.05, 0) is 36.4 Å². The summed E-state index contributed by atoms with van der Waals surface area (Å²) in [6, 6.07) is 10.7. The number of sulfone groups is 1. The molecule has 0 aliphatic heterocycles. The molecule has 2 rings (SSSR count). The molecule has 1 amide bonds. The fourth-order valence-corrected chi connectivity index (χ4v) is 2.89. The molecule has 0 heterocycles. The molecule has 6 nitrogen and oxygen atoms in total. The van der Waals surface area contributed by atoms with Gasteiger partial charge in [-0.1, -0.05) is 17.7 Å². The first kappa shape index (κ1) is 19.2. The Balaban J connectivity index is 2.19. The molecule has 0 aliphatic carbocycles. The van der Waals surface area contributed by atoms with E-state index in [9.17, 15) is 13.2 Å². The first-order valence-electron chi connectivity index (χ1n) is 7.34. The third-order valence-electron chi connectivity index (χ3n) is 3.29. The van der Waals surface area contributed by atoms with Gasteiger partial charge in [0, 0.05) is 18.9 Å². The average Bonchev–Trinajstić information content (AvgIpc) is 2.56. The molecule has 0 saturated heterocycles. The molecule has 0 radical (unpaired) electrons. The van der Waals surface area contributed by atoms with Gasteiger partial charge in [0.15, 0.2) is 15.6 Å². The summed E-state index contributed by atoms with van der Waals surface area (Å²) in [5.41, 5.74) is 0.732. The van der Waals surface area contributed by atoms with Crippen molar-refractivity contribution in [3.05, 3.63) is 53.1 Å². The number of methoxy groups -OCH3 is 1. The second-order valence-corrected chi connectivity index (χ2v) is 7.63. The number of benzene rings is 2. The van der Waals surface area contributed by atoms with Crippen LogP contribution in [0.25, 0.3) is 0 Å². The van der Waals surface area contributed by atoms with Gasteiger partial charge in [0.05, 0.1) is 22.2 Å². The number of carbonyl (C=O) groups excluding carboxylic acids is 1. The van der Waals surface area contributed by atoms with E-state index in [0.29, 0.717) is 28.6 Å². The van der Waals surface area contributed by atoms with Crippen LogP contribution in [0.4, 0.5) is 5.69 Å². The van der Waals surface area contributed by atoms with Crippen LogP contribution < -0.4 is 10.1 Å². The van der Waals surface area contributed by atoms with Crippen molar-refractivity contribution in [3.63, 3.8) is 0 Å². The van der Waals surface area contributed by atoms with Gasteiger partial charge >= 0.3 is 0 Å². The van der Waals surface area contributed by atoms with Crippen LogP contribution in [0.15, 0.2) is 47.4 Å². The zero-order chi connectivity index (χ0) is 18.4. The molecule has 0 fully saturated rings. The van der Waals surface area contributed by atoms with Crippen LogP contribution in [0.1, 0.15) is 10.4 Å². The number of nitrogens with one attached hydrogen (secondary N) is 1. The molecular weight excluding hydrogens is 366 g/mol. The third-order valence-corrected chi connectivity index (χ3v) is 4.72. The smallest absolute Gasteiger partial charge is 0.255 e. The minimum Gasteiger partial charge on any atom is -0.487 e. The fourth-order valence-electron chi connectivity index (χ4n) is 2.03. The predicted octanol–water partition coefficient (Wildman–Crippen LogP) is 3.02. The Bertz CT molecular complexity index is 850. The maximum atomic E-state index is 12.4. The molecule has 0 aliphatic rings. The van der Waals surface area contributed by atoms with Crippen molar-refractivity contribution in [3.8, 4) is 5.75 Å². The Morgan fingerprint density at radius 2 is 1.80 bits per heavy atom. The molecule has 25 heavy (non-hydrogen) atoms. The van der Waals surface area contributed by atoms with E-state index in [2.05, 4.69) is 5.32 Å². The van der Waals surface area contributed by atoms with Crippen LogP contribution in [0.2, 0.25) is 5.02 Å². The number of hydrogen-bond acceptors (Lipinski definition) is 5. The molecule has 134 valence electrons. The van der Waals surface area contributed by atoms with Crippen LogP contribution in [0.5, 0.6) is 5.75 Å². The van der Waals surface area contributed by atoms with Crippen molar-refractivity contribution in [1.29, 1.82) is 0 Å². The SMILES string of the molecule is COCCOc1c(Cl)cccc1NC(=O)c1ccc(S(C)(=O)=O)cc1. The lowest BCUT2D eigenvalue weighted by Crippen LogP contribution is -2.14. The standard InChI is InChI=1S/C17H18ClNO5S/c1-23-10-11-24-16-14(18)4-3-5-15(16)19-17(20)12-6-8-13(9-7-12)25(2,21)22/h3-9H,10-11H2,1-2H3,(H,19,20). The molecule has 2 aromatic carbocycles. The summed E-state index contributed by atoms with van der Waals surface area (Å²) >= 11 is 6.12. The van der Waals surface area contributed by atoms with Crippen molar-refractivity contribution in [2.75, 3.05) is 31.9 Å². The fraction of sp³-hybridized carbons (Fsp3) is 0.235. The summed E-state index contributed by atoms with van der Waals surface area (Å²) in [5.74, 6) is -0.0544. The highest BCUT2D eigenvalue weighted by Gasteiger charge is 2.14. The Kier molecular flexibility index (Phi) is 6.41. The Hall–Kier alpha value is -2.09. The summed E-state index contributed by atoms with van der Waals surface area (Å²) in [4.78, 5) is 12.5. The van der Waals surface area contributed by atoms with E-state index in [-0.39, 0.29) is 11.5 Å². The summed E-state index contributed by atoms with van der Waals surface area (Å²) in [6.45, 7) is 0.664. The van der Waals surface area contributed by atoms with Gasteiger partial charge in [0.1, 0.15) is 6.61 Å². The van der Waals surface area contributed by atoms with Crippen LogP contribution in [0.3, 0.4) is 0 Å². The van der Waals surface area contributed by atoms with Crippen molar-refractivity contribution >= 4 is 33.0 Å². The van der Waals surface area contributed by atoms with E-state index >= 15 is 0 Å². The Morgan fingerprint density at radius 3 is 2.40 bits per heavy atom. The molecule has 0 unspecified atom stereocenters. The normalized spacial score (nSPS) is 11.2. The minimum atomic E-state index is -3.31. The van der Waals surface area contributed by atoms with Gasteiger partial charge in [0.2, 0.25) is 0 Å². The van der Waals surface area contributed by atoms with E-state index in [1.54, 1.807) is 25.3 Å². The number of para-hydroxylation sites is 1. The van der Waals surface area contributed by atoms with E-state index < -0.39 is 15.7 Å². The summed E-state index contributed by atoms with van der Waals surface area (Å²) in [7, 11) is -1.76. The van der Waals surface area contributed by atoms with Crippen molar-refractivity contribution in [2.45, 2.75) is 4.90 Å². The van der Waals surface area contributed by atoms with E-state index in [1.165, 1.54) is 24.3 Å². The van der Waals surface area contributed by atoms with Crippen molar-refractivity contribution in [2.24, 2.45) is 0 Å². The topological polar surface area (TPSA) is 81.7 Å². The number of hydrogen-bond donors (Lipinski definition) is 1. The highest BCUT2D eigenvalue weighted by Crippen LogP contribution is 2.33. The van der Waals surface area contributed by atoms with Gasteiger partial charge in [-0.3, -0.25) is 4.79 Å². The number of halogens is 1. The maximum Gasteiger partial charge on any atom is 0.255 e. The molecular formula is C17H18ClNO5S. The molecule has 0 saturated carbocycles. The van der Waals surface area contributed by atoms with Crippen molar-refractivity contribution < 1.29 is 22.7 Å². The van der Waals surface area contributed by atoms with Gasteiger partial charge < -0.3 is 14.8 Å². The van der Waals surface area contributed by atoms with Gasteiger partial charge in [-0.25, -0.2) is 8.42 Å². The van der Waals surface area contributed by atoms with Crippen LogP contribution >= 0.6 is 11.6 Å². The molecule has 0 aromatic heterocycles. The van der Waals surface area contributed by atoms with E-state index in [4.69, 9.17) is 21.1 Å². The largest absolute Gasteiger partial charge is 0.487 e. The molecule has 8 heteroatoms. The number of amides is 1. The zero-order valence-electron chi connectivity index (χ0n) is 13.8. The van der Waals surface area contributed by atoms with Crippen LogP contribution in [-0.2, 0) is 14.6 Å². The molecule has 1 N–H and O–H groups in total. The zero-order valence-corrected chi connectivity index (χ0v) is 15.4. The Morgan fingerprint density at radius 1 is 1.12 bits per heavy atom. The number of rotatable bonds is 7. The summed E-state index contributed by atoms with van der Waals surface area (Å²) < 4.78 is 33.4. The molecule has 2 aromatic rings. The second kappa shape index (κ2) is 8.33. The van der Waals surface area contributed by atoms with E-state index in [0.717, 1.165) is 6.26 Å². The molecule has 0 bridgehead atoms. The number of anilines is 1. The monoisotopic (exact) mass is 383 g/mol. The average molecular weight is 384 g/mol. The maximum absolute atomic E-state index is 12.4. The number of ether oxygens (including phenoxy) is 2. The number of carbonyl (C=O) groups is 1. The highest BCUT2D eigenvalue weighted by atomic mass is 35.5. The van der Waals surface area contributed by atoms with Gasteiger partial charge in [-0.2, -0.15) is 0 Å². The summed E-state index contributed by atoms with van der Waals surface area (Å²) in [6.07, 6.45) is 1.11. The lowest BCUT2D eigenvalue weighted by Gasteiger charge is -2.14. The lowest BCUT2D eigenvalue weighted by atomic mass is 10.2. The molecule has 0 atom stereocenters. The van der Waals surface area contributed by atoms with Gasteiger partial charge in [0.25, 0.3) is 5.91 Å². The predicted molar refractivity (Wildman–Crippen MR) is 96.3 cm³/mol. The van der Waals surface area contributed by atoms with Crippen LogP contribution in [-0.4, -0.2) is 40.9 Å².